The first-order valence-corrected chi connectivity index (χ1v) is 8.42. The van der Waals surface area contributed by atoms with E-state index in [2.05, 4.69) is 12.2 Å². The van der Waals surface area contributed by atoms with Gasteiger partial charge in [0.25, 0.3) is 0 Å². The van der Waals surface area contributed by atoms with E-state index in [-0.39, 0.29) is 12.4 Å². The SMILES string of the molecule is CCNCc1ccc(OCc2ccc(Cl)cc2Cl)c(OCC)c1.Cl. The molecule has 0 saturated heterocycles. The van der Waals surface area contributed by atoms with Gasteiger partial charge in [-0.25, -0.2) is 0 Å². The fourth-order valence-electron chi connectivity index (χ4n) is 2.11. The quantitative estimate of drug-likeness (QED) is 0.645. The average Bonchev–Trinajstić information content (AvgIpc) is 2.53. The van der Waals surface area contributed by atoms with Crippen molar-refractivity contribution in [1.82, 2.24) is 5.32 Å². The molecule has 3 nitrogen and oxygen atoms in total. The summed E-state index contributed by atoms with van der Waals surface area (Å²) < 4.78 is 11.6. The molecule has 0 aliphatic rings. The third kappa shape index (κ3) is 6.06. The summed E-state index contributed by atoms with van der Waals surface area (Å²) in [6, 6.07) is 11.3. The van der Waals surface area contributed by atoms with Crippen LogP contribution in [0.15, 0.2) is 36.4 Å². The van der Waals surface area contributed by atoms with Gasteiger partial charge in [-0.2, -0.15) is 0 Å². The fraction of sp³-hybridized carbons (Fsp3) is 0.333. The van der Waals surface area contributed by atoms with Crippen LogP contribution in [0.1, 0.15) is 25.0 Å². The molecule has 24 heavy (non-hydrogen) atoms. The molecule has 0 radical (unpaired) electrons. The highest BCUT2D eigenvalue weighted by atomic mass is 35.5. The van der Waals surface area contributed by atoms with Crippen LogP contribution >= 0.6 is 35.6 Å². The lowest BCUT2D eigenvalue weighted by Crippen LogP contribution is -2.12. The van der Waals surface area contributed by atoms with E-state index in [1.54, 1.807) is 12.1 Å². The van der Waals surface area contributed by atoms with Gasteiger partial charge in [0.15, 0.2) is 11.5 Å². The summed E-state index contributed by atoms with van der Waals surface area (Å²) in [7, 11) is 0. The molecule has 2 aromatic rings. The summed E-state index contributed by atoms with van der Waals surface area (Å²) in [4.78, 5) is 0. The molecule has 0 bridgehead atoms. The summed E-state index contributed by atoms with van der Waals surface area (Å²) in [6.07, 6.45) is 0. The second-order valence-corrected chi connectivity index (χ2v) is 5.86. The standard InChI is InChI=1S/C18H21Cl2NO2.ClH/c1-3-21-11-13-5-8-17(18(9-13)22-4-2)23-12-14-6-7-15(19)10-16(14)20;/h5-10,21H,3-4,11-12H2,1-2H3;1H. The monoisotopic (exact) mass is 389 g/mol. The van der Waals surface area contributed by atoms with E-state index in [4.69, 9.17) is 32.7 Å². The first-order chi connectivity index (χ1) is 11.1. The minimum atomic E-state index is 0. The topological polar surface area (TPSA) is 30.5 Å². The van der Waals surface area contributed by atoms with Gasteiger partial charge in [0.1, 0.15) is 6.61 Å². The predicted molar refractivity (Wildman–Crippen MR) is 103 cm³/mol. The maximum Gasteiger partial charge on any atom is 0.161 e. The van der Waals surface area contributed by atoms with Crippen LogP contribution in [0, 0.1) is 0 Å². The number of hydrogen-bond donors (Lipinski definition) is 1. The highest BCUT2D eigenvalue weighted by Gasteiger charge is 2.08. The number of benzene rings is 2. The molecule has 0 heterocycles. The molecule has 0 aliphatic heterocycles. The molecule has 0 aliphatic carbocycles. The molecule has 0 amide bonds. The molecule has 132 valence electrons. The van der Waals surface area contributed by atoms with Gasteiger partial charge in [0, 0.05) is 22.2 Å². The van der Waals surface area contributed by atoms with Crippen LogP contribution in [-0.4, -0.2) is 13.2 Å². The van der Waals surface area contributed by atoms with Crippen molar-refractivity contribution in [3.05, 3.63) is 57.6 Å². The zero-order valence-corrected chi connectivity index (χ0v) is 16.1. The Balaban J connectivity index is 0.00000288. The first-order valence-electron chi connectivity index (χ1n) is 7.67. The van der Waals surface area contributed by atoms with Gasteiger partial charge in [-0.3, -0.25) is 0 Å². The van der Waals surface area contributed by atoms with Crippen LogP contribution in [0.5, 0.6) is 11.5 Å². The Morgan fingerprint density at radius 2 is 1.75 bits per heavy atom. The van der Waals surface area contributed by atoms with Gasteiger partial charge in [-0.15, -0.1) is 12.4 Å². The average molecular weight is 391 g/mol. The van der Waals surface area contributed by atoms with Crippen molar-refractivity contribution in [2.75, 3.05) is 13.2 Å². The van der Waals surface area contributed by atoms with E-state index in [1.165, 1.54) is 0 Å². The minimum absolute atomic E-state index is 0. The fourth-order valence-corrected chi connectivity index (χ4v) is 2.58. The van der Waals surface area contributed by atoms with Crippen molar-refractivity contribution in [2.45, 2.75) is 27.0 Å². The van der Waals surface area contributed by atoms with Gasteiger partial charge in [0.2, 0.25) is 0 Å². The highest BCUT2D eigenvalue weighted by molar-refractivity contribution is 6.35. The molecular formula is C18H22Cl3NO2. The molecule has 0 unspecified atom stereocenters. The number of nitrogens with one attached hydrogen (secondary N) is 1. The summed E-state index contributed by atoms with van der Waals surface area (Å²) in [5.41, 5.74) is 2.04. The second-order valence-electron chi connectivity index (χ2n) is 5.02. The molecule has 2 aromatic carbocycles. The molecule has 0 atom stereocenters. The van der Waals surface area contributed by atoms with E-state index in [0.717, 1.165) is 30.0 Å². The number of rotatable bonds is 8. The van der Waals surface area contributed by atoms with Crippen molar-refractivity contribution < 1.29 is 9.47 Å². The second kappa shape index (κ2) is 10.7. The lowest BCUT2D eigenvalue weighted by Gasteiger charge is -2.14. The van der Waals surface area contributed by atoms with Gasteiger partial charge in [-0.1, -0.05) is 42.3 Å². The minimum Gasteiger partial charge on any atom is -0.490 e. The number of ether oxygens (including phenoxy) is 2. The maximum absolute atomic E-state index is 6.18. The van der Waals surface area contributed by atoms with Crippen molar-refractivity contribution in [3.8, 4) is 11.5 Å². The van der Waals surface area contributed by atoms with Gasteiger partial charge < -0.3 is 14.8 Å². The van der Waals surface area contributed by atoms with Gasteiger partial charge >= 0.3 is 0 Å². The molecule has 0 aromatic heterocycles. The van der Waals surface area contributed by atoms with Crippen molar-refractivity contribution in [1.29, 1.82) is 0 Å². The molecule has 0 fully saturated rings. The van der Waals surface area contributed by atoms with Crippen LogP contribution in [0.4, 0.5) is 0 Å². The Hall–Kier alpha value is -1.13. The van der Waals surface area contributed by atoms with E-state index in [0.29, 0.717) is 29.0 Å². The largest absolute Gasteiger partial charge is 0.490 e. The van der Waals surface area contributed by atoms with Crippen LogP contribution in [0.3, 0.4) is 0 Å². The van der Waals surface area contributed by atoms with E-state index < -0.39 is 0 Å². The normalized spacial score (nSPS) is 10.2. The lowest BCUT2D eigenvalue weighted by atomic mass is 10.2. The van der Waals surface area contributed by atoms with Crippen molar-refractivity contribution in [3.63, 3.8) is 0 Å². The van der Waals surface area contributed by atoms with Crippen LogP contribution in [0.2, 0.25) is 10.0 Å². The van der Waals surface area contributed by atoms with Crippen molar-refractivity contribution in [2.24, 2.45) is 0 Å². The van der Waals surface area contributed by atoms with E-state index >= 15 is 0 Å². The zero-order chi connectivity index (χ0) is 16.7. The zero-order valence-electron chi connectivity index (χ0n) is 13.8. The summed E-state index contributed by atoms with van der Waals surface area (Å²) in [5, 5.41) is 4.51. The van der Waals surface area contributed by atoms with Crippen LogP contribution in [-0.2, 0) is 13.2 Å². The van der Waals surface area contributed by atoms with Crippen LogP contribution in [0.25, 0.3) is 0 Å². The molecule has 2 rings (SSSR count). The smallest absolute Gasteiger partial charge is 0.161 e. The molecule has 1 N–H and O–H groups in total. The van der Waals surface area contributed by atoms with E-state index in [9.17, 15) is 0 Å². The third-order valence-electron chi connectivity index (χ3n) is 3.29. The van der Waals surface area contributed by atoms with Crippen LogP contribution < -0.4 is 14.8 Å². The van der Waals surface area contributed by atoms with E-state index in [1.807, 2.05) is 31.2 Å². The molecule has 0 saturated carbocycles. The Bertz CT molecular complexity index is 650. The molecule has 6 heteroatoms. The van der Waals surface area contributed by atoms with Gasteiger partial charge in [-0.05, 0) is 43.3 Å². The maximum atomic E-state index is 6.18. The first kappa shape index (κ1) is 20.9. The molecular weight excluding hydrogens is 369 g/mol. The number of hydrogen-bond acceptors (Lipinski definition) is 3. The Morgan fingerprint density at radius 3 is 2.42 bits per heavy atom. The Morgan fingerprint density at radius 1 is 0.958 bits per heavy atom. The van der Waals surface area contributed by atoms with Gasteiger partial charge in [0.05, 0.1) is 6.61 Å². The Labute approximate surface area is 159 Å². The third-order valence-corrected chi connectivity index (χ3v) is 3.87. The Kier molecular flexibility index (Phi) is 9.30. The summed E-state index contributed by atoms with van der Waals surface area (Å²) >= 11 is 12.1. The number of halogens is 3. The lowest BCUT2D eigenvalue weighted by molar-refractivity contribution is 0.269. The molecule has 0 spiro atoms. The summed E-state index contributed by atoms with van der Waals surface area (Å²) in [6.45, 7) is 6.72. The van der Waals surface area contributed by atoms with Crippen molar-refractivity contribution >= 4 is 35.6 Å². The summed E-state index contributed by atoms with van der Waals surface area (Å²) in [5.74, 6) is 1.45. The predicted octanol–water partition coefficient (Wildman–Crippen LogP) is 5.50. The highest BCUT2D eigenvalue weighted by Crippen LogP contribution is 2.30.